The van der Waals surface area contributed by atoms with Gasteiger partial charge in [-0.15, -0.1) is 0 Å². The van der Waals surface area contributed by atoms with Gasteiger partial charge < -0.3 is 15.0 Å². The van der Waals surface area contributed by atoms with Gasteiger partial charge in [-0.2, -0.15) is 26.3 Å². The first kappa shape index (κ1) is 22.2. The highest BCUT2D eigenvalue weighted by atomic mass is 19.4. The van der Waals surface area contributed by atoms with Crippen LogP contribution in [0.4, 0.5) is 26.3 Å². The van der Waals surface area contributed by atoms with E-state index in [1.165, 1.54) is 24.5 Å². The number of halogens is 6. The predicted octanol–water partition coefficient (Wildman–Crippen LogP) is 5.81. The zero-order valence-corrected chi connectivity index (χ0v) is 16.8. The Morgan fingerprint density at radius 1 is 1.03 bits per heavy atom. The summed E-state index contributed by atoms with van der Waals surface area (Å²) in [5.74, 6) is 0.0501. The first-order valence-corrected chi connectivity index (χ1v) is 9.82. The maximum Gasteiger partial charge on any atom is 0.418 e. The van der Waals surface area contributed by atoms with Gasteiger partial charge in [0.1, 0.15) is 17.9 Å². The number of hydrogen-bond donors (Lipinski definition) is 2. The number of H-pyrrole nitrogens is 1. The number of fused-ring (bicyclic) bond motifs is 1. The smallest absolute Gasteiger partial charge is 0.418 e. The topological polar surface area (TPSA) is 49.9 Å². The molecular formula is C22H19F6N3O. The highest BCUT2D eigenvalue weighted by Gasteiger charge is 2.34. The fraction of sp³-hybridized carbons (Fsp3) is 0.318. The second-order valence-corrected chi connectivity index (χ2v) is 7.70. The van der Waals surface area contributed by atoms with Gasteiger partial charge in [-0.1, -0.05) is 18.2 Å². The second kappa shape index (κ2) is 8.16. The molecule has 0 saturated carbocycles. The molecule has 170 valence electrons. The minimum absolute atomic E-state index is 0.0501. The molecule has 2 atom stereocenters. The minimum Gasteiger partial charge on any atom is -0.492 e. The van der Waals surface area contributed by atoms with Crippen LogP contribution < -0.4 is 10.1 Å². The Bertz CT molecular complexity index is 1130. The lowest BCUT2D eigenvalue weighted by atomic mass is 9.92. The molecule has 3 aromatic rings. The van der Waals surface area contributed by atoms with E-state index in [-0.39, 0.29) is 35.5 Å². The van der Waals surface area contributed by atoms with Crippen molar-refractivity contribution in [1.82, 2.24) is 15.3 Å². The van der Waals surface area contributed by atoms with Crippen molar-refractivity contribution in [2.75, 3.05) is 6.61 Å². The van der Waals surface area contributed by atoms with Crippen LogP contribution in [0.1, 0.15) is 30.0 Å². The Kier molecular flexibility index (Phi) is 5.66. The fourth-order valence-electron chi connectivity index (χ4n) is 3.83. The number of rotatable bonds is 4. The average Bonchev–Trinajstić information content (AvgIpc) is 3.18. The molecule has 0 fully saturated rings. The van der Waals surface area contributed by atoms with Crippen LogP contribution in [-0.2, 0) is 12.4 Å². The summed E-state index contributed by atoms with van der Waals surface area (Å²) in [7, 11) is 0. The van der Waals surface area contributed by atoms with Gasteiger partial charge in [0.05, 0.1) is 23.0 Å². The van der Waals surface area contributed by atoms with Crippen LogP contribution in [0.3, 0.4) is 0 Å². The minimum atomic E-state index is -4.58. The molecule has 1 aliphatic heterocycles. The SMILES string of the molecule is CC1C=C(c2ccc(C(F)(F)F)cc2)CC(COc2cc(C(F)(F)F)c3nc[nH]c3c2)N1. The average molecular weight is 455 g/mol. The van der Waals surface area contributed by atoms with Crippen LogP contribution in [0.2, 0.25) is 0 Å². The molecule has 0 bridgehead atoms. The maximum absolute atomic E-state index is 13.4. The Hall–Kier alpha value is -3.01. The van der Waals surface area contributed by atoms with Gasteiger partial charge >= 0.3 is 12.4 Å². The molecule has 0 amide bonds. The Morgan fingerprint density at radius 2 is 1.75 bits per heavy atom. The number of nitrogens with zero attached hydrogens (tertiary/aromatic N) is 1. The van der Waals surface area contributed by atoms with Gasteiger partial charge in [0.2, 0.25) is 0 Å². The Labute approximate surface area is 179 Å². The summed E-state index contributed by atoms with van der Waals surface area (Å²) in [5.41, 5.74) is -0.0694. The van der Waals surface area contributed by atoms with Gasteiger partial charge in [-0.25, -0.2) is 4.98 Å². The maximum atomic E-state index is 13.4. The monoisotopic (exact) mass is 455 g/mol. The number of aromatic amines is 1. The van der Waals surface area contributed by atoms with Crippen LogP contribution >= 0.6 is 0 Å². The highest BCUT2D eigenvalue weighted by Crippen LogP contribution is 2.37. The molecule has 2 N–H and O–H groups in total. The lowest BCUT2D eigenvalue weighted by Crippen LogP contribution is -2.42. The van der Waals surface area contributed by atoms with Crippen molar-refractivity contribution in [1.29, 1.82) is 0 Å². The van der Waals surface area contributed by atoms with Gasteiger partial charge in [0, 0.05) is 18.2 Å². The van der Waals surface area contributed by atoms with Gasteiger partial charge in [0.25, 0.3) is 0 Å². The van der Waals surface area contributed by atoms with Crippen molar-refractivity contribution in [2.45, 2.75) is 37.8 Å². The molecule has 0 saturated heterocycles. The van der Waals surface area contributed by atoms with Crippen molar-refractivity contribution >= 4 is 16.6 Å². The van der Waals surface area contributed by atoms with E-state index in [1.54, 1.807) is 0 Å². The van der Waals surface area contributed by atoms with Crippen molar-refractivity contribution in [3.63, 3.8) is 0 Å². The van der Waals surface area contributed by atoms with E-state index in [4.69, 9.17) is 4.74 Å². The lowest BCUT2D eigenvalue weighted by molar-refractivity contribution is -0.138. The molecule has 1 aliphatic rings. The zero-order chi connectivity index (χ0) is 23.1. The number of benzene rings is 2. The highest BCUT2D eigenvalue weighted by molar-refractivity contribution is 5.80. The Morgan fingerprint density at radius 3 is 2.41 bits per heavy atom. The third kappa shape index (κ3) is 4.74. The zero-order valence-electron chi connectivity index (χ0n) is 16.8. The molecule has 0 radical (unpaired) electrons. The predicted molar refractivity (Wildman–Crippen MR) is 107 cm³/mol. The van der Waals surface area contributed by atoms with Gasteiger partial charge in [0.15, 0.2) is 0 Å². The first-order valence-electron chi connectivity index (χ1n) is 9.82. The molecule has 2 aromatic carbocycles. The molecule has 2 heterocycles. The summed E-state index contributed by atoms with van der Waals surface area (Å²) >= 11 is 0. The summed E-state index contributed by atoms with van der Waals surface area (Å²) < 4.78 is 84.2. The van der Waals surface area contributed by atoms with E-state index in [9.17, 15) is 26.3 Å². The molecule has 32 heavy (non-hydrogen) atoms. The van der Waals surface area contributed by atoms with E-state index in [0.29, 0.717) is 12.0 Å². The first-order chi connectivity index (χ1) is 15.0. The number of aromatic nitrogens is 2. The number of ether oxygens (including phenoxy) is 1. The molecule has 0 aliphatic carbocycles. The summed E-state index contributed by atoms with van der Waals surface area (Å²) in [6.07, 6.45) is -5.43. The fourth-order valence-corrected chi connectivity index (χ4v) is 3.83. The normalized spacial score (nSPS) is 19.8. The number of alkyl halides is 6. The molecule has 4 nitrogen and oxygen atoms in total. The molecule has 2 unspecified atom stereocenters. The lowest BCUT2D eigenvalue weighted by Gasteiger charge is -2.29. The van der Waals surface area contributed by atoms with Crippen molar-refractivity contribution in [3.8, 4) is 5.75 Å². The van der Waals surface area contributed by atoms with E-state index in [1.807, 2.05) is 13.0 Å². The van der Waals surface area contributed by atoms with Crippen LogP contribution in [0.5, 0.6) is 5.75 Å². The summed E-state index contributed by atoms with van der Waals surface area (Å²) in [5, 5.41) is 3.28. The molecule has 4 rings (SSSR count). The molecule has 1 aromatic heterocycles. The van der Waals surface area contributed by atoms with E-state index in [0.717, 1.165) is 23.8 Å². The molecule has 0 spiro atoms. The van der Waals surface area contributed by atoms with Crippen LogP contribution in [0, 0.1) is 0 Å². The van der Waals surface area contributed by atoms with Crippen molar-refractivity contribution in [2.24, 2.45) is 0 Å². The Balaban J connectivity index is 1.49. The summed E-state index contributed by atoms with van der Waals surface area (Å²) in [6, 6.07) is 6.96. The van der Waals surface area contributed by atoms with Crippen LogP contribution in [0.25, 0.3) is 16.6 Å². The van der Waals surface area contributed by atoms with E-state index in [2.05, 4.69) is 15.3 Å². The van der Waals surface area contributed by atoms with Crippen molar-refractivity contribution in [3.05, 3.63) is 65.5 Å². The number of nitrogens with one attached hydrogen (secondary N) is 2. The largest absolute Gasteiger partial charge is 0.492 e. The van der Waals surface area contributed by atoms with Gasteiger partial charge in [-0.3, -0.25) is 0 Å². The quantitative estimate of drug-likeness (QED) is 0.488. The number of imidazole rings is 1. The van der Waals surface area contributed by atoms with Crippen molar-refractivity contribution < 1.29 is 31.1 Å². The number of hydrogen-bond acceptors (Lipinski definition) is 3. The second-order valence-electron chi connectivity index (χ2n) is 7.70. The third-order valence-corrected chi connectivity index (χ3v) is 5.25. The molecule has 10 heteroatoms. The van der Waals surface area contributed by atoms with Crippen LogP contribution in [0.15, 0.2) is 48.8 Å². The summed E-state index contributed by atoms with van der Waals surface area (Å²) in [4.78, 5) is 6.39. The summed E-state index contributed by atoms with van der Waals surface area (Å²) in [6.45, 7) is 1.97. The standard InChI is InChI=1S/C22H19F6N3O/c1-12-6-14(13-2-4-15(5-3-13)21(23,24)25)7-16(31-12)10-32-17-8-18(22(26,27)28)20-19(9-17)29-11-30-20/h2-6,8-9,11-12,16,31H,7,10H2,1H3,(H,29,30). The van der Waals surface area contributed by atoms with Gasteiger partial charge in [-0.05, 0) is 42.7 Å². The van der Waals surface area contributed by atoms with E-state index >= 15 is 0 Å². The van der Waals surface area contributed by atoms with Crippen LogP contribution in [-0.4, -0.2) is 28.7 Å². The van der Waals surface area contributed by atoms with E-state index < -0.39 is 23.5 Å². The molecular weight excluding hydrogens is 436 g/mol. The third-order valence-electron chi connectivity index (χ3n) is 5.25.